The van der Waals surface area contributed by atoms with Gasteiger partial charge < -0.3 is 0 Å². The highest BCUT2D eigenvalue weighted by molar-refractivity contribution is 5.76. The number of para-hydroxylation sites is 3. The van der Waals surface area contributed by atoms with E-state index in [0.29, 0.717) is 0 Å². The van der Waals surface area contributed by atoms with Crippen molar-refractivity contribution in [2.24, 2.45) is 0 Å². The van der Waals surface area contributed by atoms with E-state index in [1.807, 2.05) is 0 Å². The number of aromatic nitrogens is 3. The Morgan fingerprint density at radius 1 is 0.455 bits per heavy atom. The van der Waals surface area contributed by atoms with E-state index in [0.717, 1.165) is 0 Å². The molecule has 162 valence electrons. The lowest BCUT2D eigenvalue weighted by molar-refractivity contribution is -0.384. The molecule has 0 amide bonds. The highest BCUT2D eigenvalue weighted by Gasteiger charge is 2.25. The minimum atomic E-state index is -0.617. The first-order chi connectivity index (χ1) is 15.9. The van der Waals surface area contributed by atoms with Gasteiger partial charge in [0.05, 0.1) is 31.5 Å². The quantitative estimate of drug-likeness (QED) is 0.305. The minimum Gasteiger partial charge on any atom is -0.258 e. The Hall–Kier alpha value is -5.13. The van der Waals surface area contributed by atoms with Gasteiger partial charge in [0.25, 0.3) is 17.1 Å². The predicted molar refractivity (Wildman–Crippen MR) is 116 cm³/mol. The van der Waals surface area contributed by atoms with Crippen LogP contribution in [0.5, 0.6) is 0 Å². The molecule has 0 aliphatic carbocycles. The van der Waals surface area contributed by atoms with E-state index in [9.17, 15) is 30.3 Å². The Morgan fingerprint density at radius 2 is 0.697 bits per heavy atom. The van der Waals surface area contributed by atoms with E-state index >= 15 is 0 Å². The summed E-state index contributed by atoms with van der Waals surface area (Å²) in [5.74, 6) is -0.462. The van der Waals surface area contributed by atoms with E-state index in [1.54, 1.807) is 18.2 Å². The van der Waals surface area contributed by atoms with Crippen molar-refractivity contribution in [3.8, 4) is 34.2 Å². The number of hydrogen-bond donors (Lipinski definition) is 0. The van der Waals surface area contributed by atoms with Gasteiger partial charge in [-0.25, -0.2) is 15.0 Å². The molecule has 4 aromatic rings. The summed E-state index contributed by atoms with van der Waals surface area (Å²) in [6.45, 7) is 0. The third-order valence-electron chi connectivity index (χ3n) is 4.66. The summed E-state index contributed by atoms with van der Waals surface area (Å²) in [4.78, 5) is 45.6. The number of nitro benzene ring substituents is 3. The van der Waals surface area contributed by atoms with E-state index in [-0.39, 0.29) is 51.2 Å². The SMILES string of the molecule is O=[N+]([O-])c1ccccc1-c1nc(-c2ccccc2[N+](=O)[O-])nc(-c2ccccc2[N+](=O)[O-])n1. The Bertz CT molecular complexity index is 1240. The van der Waals surface area contributed by atoms with Gasteiger partial charge in [-0.1, -0.05) is 36.4 Å². The molecule has 33 heavy (non-hydrogen) atoms. The molecule has 0 aliphatic heterocycles. The smallest absolute Gasteiger partial charge is 0.258 e. The molecular formula is C21H12N6O6. The fraction of sp³-hybridized carbons (Fsp3) is 0. The summed E-state index contributed by atoms with van der Waals surface area (Å²) in [5.41, 5.74) is -0.805. The summed E-state index contributed by atoms with van der Waals surface area (Å²) in [7, 11) is 0. The summed E-state index contributed by atoms with van der Waals surface area (Å²) < 4.78 is 0. The van der Waals surface area contributed by atoms with E-state index in [1.165, 1.54) is 54.6 Å². The molecule has 0 spiro atoms. The number of rotatable bonds is 6. The van der Waals surface area contributed by atoms with Gasteiger partial charge in [-0.3, -0.25) is 30.3 Å². The second kappa shape index (κ2) is 8.55. The highest BCUT2D eigenvalue weighted by Crippen LogP contribution is 2.34. The molecular weight excluding hydrogens is 432 g/mol. The fourth-order valence-electron chi connectivity index (χ4n) is 3.20. The fourth-order valence-corrected chi connectivity index (χ4v) is 3.20. The molecule has 12 nitrogen and oxygen atoms in total. The van der Waals surface area contributed by atoms with Crippen LogP contribution in [-0.4, -0.2) is 29.7 Å². The Labute approximate surface area is 184 Å². The summed E-state index contributed by atoms with van der Waals surface area (Å²) in [5, 5.41) is 34.6. The van der Waals surface area contributed by atoms with Crippen LogP contribution in [0.3, 0.4) is 0 Å². The molecule has 4 rings (SSSR count). The zero-order chi connectivity index (χ0) is 23.5. The van der Waals surface area contributed by atoms with Gasteiger partial charge in [-0.05, 0) is 18.2 Å². The van der Waals surface area contributed by atoms with Crippen molar-refractivity contribution < 1.29 is 14.8 Å². The molecule has 0 unspecified atom stereocenters. The first-order valence-corrected chi connectivity index (χ1v) is 9.34. The van der Waals surface area contributed by atoms with Crippen molar-refractivity contribution in [2.45, 2.75) is 0 Å². The largest absolute Gasteiger partial charge is 0.280 e. The van der Waals surface area contributed by atoms with Crippen LogP contribution < -0.4 is 0 Å². The molecule has 0 radical (unpaired) electrons. The first kappa shape index (κ1) is 21.1. The third kappa shape index (κ3) is 4.07. The summed E-state index contributed by atoms with van der Waals surface area (Å²) in [6, 6.07) is 17.1. The molecule has 0 N–H and O–H groups in total. The second-order valence-corrected chi connectivity index (χ2v) is 6.63. The van der Waals surface area contributed by atoms with Crippen LogP contribution in [0.25, 0.3) is 34.2 Å². The van der Waals surface area contributed by atoms with Gasteiger partial charge in [0, 0.05) is 18.2 Å². The molecule has 0 saturated heterocycles. The lowest BCUT2D eigenvalue weighted by atomic mass is 10.1. The van der Waals surface area contributed by atoms with Crippen LogP contribution in [0.15, 0.2) is 72.8 Å². The lowest BCUT2D eigenvalue weighted by Crippen LogP contribution is -2.04. The number of nitro groups is 3. The summed E-state index contributed by atoms with van der Waals surface area (Å²) in [6.07, 6.45) is 0. The molecule has 0 atom stereocenters. The predicted octanol–water partition coefficient (Wildman–Crippen LogP) is 4.60. The monoisotopic (exact) mass is 444 g/mol. The van der Waals surface area contributed by atoms with Crippen molar-refractivity contribution in [3.05, 3.63) is 103 Å². The number of nitrogens with zero attached hydrogens (tertiary/aromatic N) is 6. The van der Waals surface area contributed by atoms with Crippen molar-refractivity contribution in [3.63, 3.8) is 0 Å². The van der Waals surface area contributed by atoms with Crippen LogP contribution >= 0.6 is 0 Å². The maximum absolute atomic E-state index is 11.5. The maximum atomic E-state index is 11.5. The van der Waals surface area contributed by atoms with Crippen molar-refractivity contribution >= 4 is 17.1 Å². The molecule has 1 heterocycles. The van der Waals surface area contributed by atoms with Gasteiger partial charge in [-0.15, -0.1) is 0 Å². The normalized spacial score (nSPS) is 10.5. The topological polar surface area (TPSA) is 168 Å². The standard InChI is InChI=1S/C21H12N6O6/c28-25(29)16-10-4-1-7-13(16)19-22-20(14-8-2-5-11-17(14)26(30)31)24-21(23-19)15-9-3-6-12-18(15)27(32)33/h1-12H. The Balaban J connectivity index is 2.06. The van der Waals surface area contributed by atoms with Gasteiger partial charge in [0.1, 0.15) is 0 Å². The Kier molecular flexibility index (Phi) is 5.47. The zero-order valence-corrected chi connectivity index (χ0v) is 16.6. The maximum Gasteiger partial charge on any atom is 0.280 e. The van der Waals surface area contributed by atoms with Gasteiger partial charge in [-0.2, -0.15) is 0 Å². The first-order valence-electron chi connectivity index (χ1n) is 9.34. The molecule has 0 bridgehead atoms. The molecule has 3 aromatic carbocycles. The Morgan fingerprint density at radius 3 is 0.939 bits per heavy atom. The minimum absolute atomic E-state index is 0.0320. The van der Waals surface area contributed by atoms with Crippen LogP contribution in [0, 0.1) is 30.3 Å². The van der Waals surface area contributed by atoms with Gasteiger partial charge in [0.15, 0.2) is 17.5 Å². The van der Waals surface area contributed by atoms with Crippen LogP contribution in [0.4, 0.5) is 17.1 Å². The average Bonchev–Trinajstić information content (AvgIpc) is 2.83. The van der Waals surface area contributed by atoms with Crippen molar-refractivity contribution in [1.29, 1.82) is 0 Å². The summed E-state index contributed by atoms with van der Waals surface area (Å²) >= 11 is 0. The second-order valence-electron chi connectivity index (χ2n) is 6.63. The van der Waals surface area contributed by atoms with E-state index in [2.05, 4.69) is 15.0 Å². The number of benzene rings is 3. The highest BCUT2D eigenvalue weighted by atomic mass is 16.6. The molecule has 0 fully saturated rings. The lowest BCUT2D eigenvalue weighted by Gasteiger charge is -2.09. The molecule has 0 aliphatic rings. The van der Waals surface area contributed by atoms with Crippen LogP contribution in [-0.2, 0) is 0 Å². The van der Waals surface area contributed by atoms with Gasteiger partial charge in [0.2, 0.25) is 0 Å². The number of hydrogen-bond acceptors (Lipinski definition) is 9. The zero-order valence-electron chi connectivity index (χ0n) is 16.6. The van der Waals surface area contributed by atoms with E-state index < -0.39 is 14.8 Å². The van der Waals surface area contributed by atoms with Crippen LogP contribution in [0.2, 0.25) is 0 Å². The molecule has 1 aromatic heterocycles. The van der Waals surface area contributed by atoms with Crippen molar-refractivity contribution in [1.82, 2.24) is 15.0 Å². The van der Waals surface area contributed by atoms with Gasteiger partial charge >= 0.3 is 0 Å². The molecule has 0 saturated carbocycles. The van der Waals surface area contributed by atoms with Crippen LogP contribution in [0.1, 0.15) is 0 Å². The van der Waals surface area contributed by atoms with E-state index in [4.69, 9.17) is 0 Å². The third-order valence-corrected chi connectivity index (χ3v) is 4.66. The average molecular weight is 444 g/mol. The van der Waals surface area contributed by atoms with Crippen molar-refractivity contribution in [2.75, 3.05) is 0 Å². The molecule has 12 heteroatoms.